The fourth-order valence-corrected chi connectivity index (χ4v) is 2.62. The number of hydrogen-bond acceptors (Lipinski definition) is 4. The molecule has 0 unspecified atom stereocenters. The Hall–Kier alpha value is -2.00. The highest BCUT2D eigenvalue weighted by molar-refractivity contribution is 6.63. The molecule has 6 heteroatoms. The molecule has 2 aromatic carbocycles. The van der Waals surface area contributed by atoms with Gasteiger partial charge in [0.25, 0.3) is 0 Å². The molecule has 0 radical (unpaired) electrons. The molecule has 1 heterocycles. The van der Waals surface area contributed by atoms with Crippen LogP contribution in [0.25, 0.3) is 0 Å². The molecular weight excluding hydrogens is 336 g/mol. The fourth-order valence-electron chi connectivity index (χ4n) is 2.49. The van der Waals surface area contributed by atoms with Gasteiger partial charge in [-0.15, -0.1) is 0 Å². The number of benzene rings is 2. The monoisotopic (exact) mass is 355 g/mol. The molecule has 0 bridgehead atoms. The van der Waals surface area contributed by atoms with E-state index in [9.17, 15) is 5.26 Å². The van der Waals surface area contributed by atoms with Gasteiger partial charge in [-0.05, 0) is 70.2 Å². The minimum absolute atomic E-state index is 0.474. The minimum Gasteiger partial charge on any atom is -0.458 e. The molecule has 4 nitrogen and oxygen atoms in total. The summed E-state index contributed by atoms with van der Waals surface area (Å²) >= 11 is 5.92. The first-order chi connectivity index (χ1) is 11.7. The van der Waals surface area contributed by atoms with Crippen LogP contribution in [0.5, 0.6) is 11.5 Å². The van der Waals surface area contributed by atoms with Crippen molar-refractivity contribution in [1.82, 2.24) is 0 Å². The van der Waals surface area contributed by atoms with Crippen LogP contribution in [0.15, 0.2) is 42.5 Å². The first kappa shape index (κ1) is 17.8. The third kappa shape index (κ3) is 3.52. The Bertz CT molecular complexity index is 812. The first-order valence-electron chi connectivity index (χ1n) is 8.05. The van der Waals surface area contributed by atoms with Crippen molar-refractivity contribution in [2.75, 3.05) is 0 Å². The van der Waals surface area contributed by atoms with Gasteiger partial charge in [-0.2, -0.15) is 5.26 Å². The highest BCUT2D eigenvalue weighted by atomic mass is 35.5. The SMILES string of the molecule is CC1(C)OB(c2cc(C#N)ccc2Oc2ccc(Cl)cc2)OC1(C)C. The van der Waals surface area contributed by atoms with Crippen molar-refractivity contribution >= 4 is 24.2 Å². The summed E-state index contributed by atoms with van der Waals surface area (Å²) in [6.45, 7) is 7.95. The van der Waals surface area contributed by atoms with Crippen LogP contribution in [-0.2, 0) is 9.31 Å². The molecule has 128 valence electrons. The van der Waals surface area contributed by atoms with Crippen LogP contribution in [0.2, 0.25) is 5.02 Å². The normalized spacial score (nSPS) is 18.0. The van der Waals surface area contributed by atoms with E-state index < -0.39 is 18.3 Å². The summed E-state index contributed by atoms with van der Waals surface area (Å²) in [5.41, 5.74) is 0.260. The van der Waals surface area contributed by atoms with E-state index in [-0.39, 0.29) is 0 Å². The number of rotatable bonds is 3. The lowest BCUT2D eigenvalue weighted by Gasteiger charge is -2.32. The van der Waals surface area contributed by atoms with Gasteiger partial charge in [0.05, 0.1) is 22.8 Å². The molecule has 0 aromatic heterocycles. The number of nitrogens with zero attached hydrogens (tertiary/aromatic N) is 1. The number of nitriles is 1. The molecule has 2 aromatic rings. The van der Waals surface area contributed by atoms with E-state index in [0.29, 0.717) is 27.5 Å². The molecule has 0 N–H and O–H groups in total. The van der Waals surface area contributed by atoms with E-state index in [2.05, 4.69) is 6.07 Å². The molecule has 1 aliphatic rings. The smallest absolute Gasteiger partial charge is 0.458 e. The summed E-state index contributed by atoms with van der Waals surface area (Å²) in [6, 6.07) is 14.4. The van der Waals surface area contributed by atoms with Crippen LogP contribution in [-0.4, -0.2) is 18.3 Å². The van der Waals surface area contributed by atoms with Crippen molar-refractivity contribution in [3.05, 3.63) is 53.1 Å². The van der Waals surface area contributed by atoms with Crippen LogP contribution in [0.4, 0.5) is 0 Å². The topological polar surface area (TPSA) is 51.5 Å². The largest absolute Gasteiger partial charge is 0.498 e. The van der Waals surface area contributed by atoms with Gasteiger partial charge in [-0.25, -0.2) is 0 Å². The van der Waals surface area contributed by atoms with Gasteiger partial charge in [0, 0.05) is 10.5 Å². The van der Waals surface area contributed by atoms with Gasteiger partial charge in [-0.1, -0.05) is 11.6 Å². The van der Waals surface area contributed by atoms with Gasteiger partial charge in [0.1, 0.15) is 11.5 Å². The third-order valence-corrected chi connectivity index (χ3v) is 4.94. The molecule has 0 aliphatic carbocycles. The zero-order valence-electron chi connectivity index (χ0n) is 14.7. The average molecular weight is 356 g/mol. The van der Waals surface area contributed by atoms with Crippen LogP contribution >= 0.6 is 11.6 Å². The Morgan fingerprint density at radius 2 is 1.60 bits per heavy atom. The van der Waals surface area contributed by atoms with Crippen molar-refractivity contribution in [3.63, 3.8) is 0 Å². The van der Waals surface area contributed by atoms with E-state index in [1.54, 1.807) is 42.5 Å². The number of hydrogen-bond donors (Lipinski definition) is 0. The maximum Gasteiger partial charge on any atom is 0.498 e. The predicted octanol–water partition coefficient (Wildman–Crippen LogP) is 4.30. The molecule has 0 atom stereocenters. The zero-order chi connectivity index (χ0) is 18.2. The van der Waals surface area contributed by atoms with Crippen molar-refractivity contribution in [2.45, 2.75) is 38.9 Å². The summed E-state index contributed by atoms with van der Waals surface area (Å²) in [5.74, 6) is 1.23. The second-order valence-corrected chi connectivity index (χ2v) is 7.45. The summed E-state index contributed by atoms with van der Waals surface area (Å²) in [5, 5.41) is 9.87. The van der Waals surface area contributed by atoms with Crippen LogP contribution in [0, 0.1) is 11.3 Å². The van der Waals surface area contributed by atoms with E-state index in [1.165, 1.54) is 0 Å². The summed E-state index contributed by atoms with van der Waals surface area (Å²) < 4.78 is 18.2. The second kappa shape index (κ2) is 6.38. The Kier molecular flexibility index (Phi) is 4.55. The first-order valence-corrected chi connectivity index (χ1v) is 8.43. The molecule has 1 fully saturated rings. The number of halogens is 1. The fraction of sp³-hybridized carbons (Fsp3) is 0.316. The van der Waals surface area contributed by atoms with Gasteiger partial charge in [-0.3, -0.25) is 0 Å². The molecule has 3 rings (SSSR count). The van der Waals surface area contributed by atoms with E-state index >= 15 is 0 Å². The van der Waals surface area contributed by atoms with Gasteiger partial charge in [0.15, 0.2) is 0 Å². The molecular formula is C19H19BClNO3. The molecule has 1 aliphatic heterocycles. The van der Waals surface area contributed by atoms with Crippen LogP contribution < -0.4 is 10.2 Å². The van der Waals surface area contributed by atoms with E-state index in [0.717, 1.165) is 0 Å². The average Bonchev–Trinajstić information content (AvgIpc) is 2.78. The quantitative estimate of drug-likeness (QED) is 0.770. The van der Waals surface area contributed by atoms with Crippen LogP contribution in [0.1, 0.15) is 33.3 Å². The molecule has 25 heavy (non-hydrogen) atoms. The number of ether oxygens (including phenoxy) is 1. The van der Waals surface area contributed by atoms with Gasteiger partial charge in [0.2, 0.25) is 0 Å². The van der Waals surface area contributed by atoms with Crippen LogP contribution in [0.3, 0.4) is 0 Å². The van der Waals surface area contributed by atoms with Crippen molar-refractivity contribution in [3.8, 4) is 17.6 Å². The second-order valence-electron chi connectivity index (χ2n) is 7.01. The highest BCUT2D eigenvalue weighted by Crippen LogP contribution is 2.37. The standard InChI is InChI=1S/C19H19BClNO3/c1-18(2)19(3,4)25-20(24-18)16-11-13(12-22)5-10-17(16)23-15-8-6-14(21)7-9-15/h5-11H,1-4H3. The lowest BCUT2D eigenvalue weighted by Crippen LogP contribution is -2.41. The minimum atomic E-state index is -0.611. The third-order valence-electron chi connectivity index (χ3n) is 4.69. The highest BCUT2D eigenvalue weighted by Gasteiger charge is 2.52. The Morgan fingerprint density at radius 1 is 1.00 bits per heavy atom. The zero-order valence-corrected chi connectivity index (χ0v) is 15.4. The van der Waals surface area contributed by atoms with E-state index in [4.69, 9.17) is 25.6 Å². The molecule has 1 saturated heterocycles. The summed E-state index contributed by atoms with van der Waals surface area (Å²) in [4.78, 5) is 0. The van der Waals surface area contributed by atoms with E-state index in [1.807, 2.05) is 27.7 Å². The molecule has 0 saturated carbocycles. The Balaban J connectivity index is 1.97. The molecule has 0 amide bonds. The lowest BCUT2D eigenvalue weighted by atomic mass is 9.77. The lowest BCUT2D eigenvalue weighted by molar-refractivity contribution is 0.00578. The van der Waals surface area contributed by atoms with Gasteiger partial charge < -0.3 is 14.0 Å². The van der Waals surface area contributed by atoms with Gasteiger partial charge >= 0.3 is 7.12 Å². The molecule has 0 spiro atoms. The Morgan fingerprint density at radius 3 is 2.16 bits per heavy atom. The predicted molar refractivity (Wildman–Crippen MR) is 98.4 cm³/mol. The van der Waals surface area contributed by atoms with Crippen molar-refractivity contribution in [2.24, 2.45) is 0 Å². The maximum absolute atomic E-state index is 9.23. The summed E-state index contributed by atoms with van der Waals surface area (Å²) in [7, 11) is -0.611. The maximum atomic E-state index is 9.23. The van der Waals surface area contributed by atoms with Crippen molar-refractivity contribution < 1.29 is 14.0 Å². The van der Waals surface area contributed by atoms with Crippen molar-refractivity contribution in [1.29, 1.82) is 5.26 Å². The summed E-state index contributed by atoms with van der Waals surface area (Å²) in [6.07, 6.45) is 0. The Labute approximate surface area is 153 Å².